The third-order valence-electron chi connectivity index (χ3n) is 5.21. The summed E-state index contributed by atoms with van der Waals surface area (Å²) in [5.41, 5.74) is 4.26. The lowest BCUT2D eigenvalue weighted by molar-refractivity contribution is -0.113. The van der Waals surface area contributed by atoms with Crippen molar-refractivity contribution in [2.24, 2.45) is 0 Å². The Balaban J connectivity index is 1.29. The second-order valence-corrected chi connectivity index (χ2v) is 9.59. The van der Waals surface area contributed by atoms with E-state index in [9.17, 15) is 4.79 Å². The summed E-state index contributed by atoms with van der Waals surface area (Å²) in [5, 5.41) is 7.92. The maximum atomic E-state index is 12.7. The Hall–Kier alpha value is -3.16. The number of amides is 1. The van der Waals surface area contributed by atoms with Crippen molar-refractivity contribution in [2.45, 2.75) is 17.3 Å². The molecular weight excluding hydrogens is 450 g/mol. The van der Waals surface area contributed by atoms with Gasteiger partial charge in [0, 0.05) is 22.8 Å². The average Bonchev–Trinajstić information content (AvgIpc) is 3.44. The lowest BCUT2D eigenvalue weighted by atomic mass is 10.2. The fourth-order valence-corrected chi connectivity index (χ4v) is 5.43. The number of nitrogens with zero attached hydrogens (tertiary/aromatic N) is 2. The van der Waals surface area contributed by atoms with Crippen LogP contribution >= 0.6 is 23.5 Å². The Morgan fingerprint density at radius 1 is 0.939 bits per heavy atom. The first-order valence-electron chi connectivity index (χ1n) is 10.7. The number of rotatable bonds is 8. The molecule has 1 aliphatic heterocycles. The number of hydrogen-bond acceptors (Lipinski definition) is 5. The minimum absolute atomic E-state index is 0.0131. The Morgan fingerprint density at radius 3 is 2.39 bits per heavy atom. The summed E-state index contributed by atoms with van der Waals surface area (Å²) in [5.74, 6) is 5.23. The molecule has 1 aliphatic rings. The number of anilines is 1. The fourth-order valence-electron chi connectivity index (χ4n) is 3.61. The van der Waals surface area contributed by atoms with E-state index >= 15 is 0 Å². The molecule has 0 bridgehead atoms. The molecule has 166 valence electrons. The van der Waals surface area contributed by atoms with E-state index in [0.717, 1.165) is 51.5 Å². The third-order valence-corrected chi connectivity index (χ3v) is 7.19. The minimum Gasteiger partial charge on any atom is -0.457 e. The number of nitrogens with one attached hydrogen (secondary N) is 1. The molecule has 0 saturated carbocycles. The average molecular weight is 474 g/mol. The summed E-state index contributed by atoms with van der Waals surface area (Å²) in [4.78, 5) is 12.7. The molecule has 5 nitrogen and oxygen atoms in total. The van der Waals surface area contributed by atoms with Gasteiger partial charge in [-0.2, -0.15) is 16.9 Å². The Morgan fingerprint density at radius 2 is 1.64 bits per heavy atom. The molecule has 4 aromatic rings. The van der Waals surface area contributed by atoms with Gasteiger partial charge >= 0.3 is 0 Å². The van der Waals surface area contributed by atoms with Gasteiger partial charge in [-0.25, -0.2) is 4.68 Å². The monoisotopic (exact) mass is 473 g/mol. The van der Waals surface area contributed by atoms with Crippen molar-refractivity contribution in [1.82, 2.24) is 9.78 Å². The van der Waals surface area contributed by atoms with Gasteiger partial charge in [-0.05, 0) is 42.0 Å². The molecular formula is C26H23N3O2S2. The second-order valence-electron chi connectivity index (χ2n) is 7.61. The molecule has 0 saturated heterocycles. The molecule has 0 fully saturated rings. The number of aromatic nitrogens is 2. The van der Waals surface area contributed by atoms with Crippen LogP contribution in [0.4, 0.5) is 5.82 Å². The van der Waals surface area contributed by atoms with Crippen molar-refractivity contribution >= 4 is 35.2 Å². The summed E-state index contributed by atoms with van der Waals surface area (Å²) < 4.78 is 7.74. The van der Waals surface area contributed by atoms with Gasteiger partial charge in [0.25, 0.3) is 0 Å². The number of fused-ring (bicyclic) bond motifs is 1. The van der Waals surface area contributed by atoms with Gasteiger partial charge in [-0.3, -0.25) is 4.79 Å². The van der Waals surface area contributed by atoms with Crippen molar-refractivity contribution in [3.63, 3.8) is 0 Å². The zero-order valence-corrected chi connectivity index (χ0v) is 19.6. The van der Waals surface area contributed by atoms with Crippen molar-refractivity contribution < 1.29 is 9.53 Å². The predicted molar refractivity (Wildman–Crippen MR) is 136 cm³/mol. The van der Waals surface area contributed by atoms with Crippen LogP contribution in [-0.2, 0) is 22.1 Å². The van der Waals surface area contributed by atoms with Crippen LogP contribution in [0.25, 0.3) is 5.69 Å². The summed E-state index contributed by atoms with van der Waals surface area (Å²) >= 11 is 3.43. The molecule has 0 atom stereocenters. The molecule has 0 unspecified atom stereocenters. The molecule has 0 radical (unpaired) electrons. The van der Waals surface area contributed by atoms with E-state index < -0.39 is 0 Å². The van der Waals surface area contributed by atoms with Crippen LogP contribution in [-0.4, -0.2) is 21.4 Å². The number of carbonyl (C=O) groups excluding carboxylic acids is 1. The number of carbonyl (C=O) groups is 1. The highest BCUT2D eigenvalue weighted by Crippen LogP contribution is 2.36. The lowest BCUT2D eigenvalue weighted by Crippen LogP contribution is -2.18. The number of benzene rings is 3. The molecule has 0 aliphatic carbocycles. The summed E-state index contributed by atoms with van der Waals surface area (Å²) in [6.45, 7) is 0. The van der Waals surface area contributed by atoms with Gasteiger partial charge in [0.15, 0.2) is 0 Å². The Labute approximate surface area is 201 Å². The topological polar surface area (TPSA) is 56.2 Å². The van der Waals surface area contributed by atoms with E-state index in [1.54, 1.807) is 11.8 Å². The quantitative estimate of drug-likeness (QED) is 0.326. The van der Waals surface area contributed by atoms with Gasteiger partial charge in [-0.1, -0.05) is 48.5 Å². The summed E-state index contributed by atoms with van der Waals surface area (Å²) in [7, 11) is 0. The molecule has 0 spiro atoms. The maximum absolute atomic E-state index is 12.7. The van der Waals surface area contributed by atoms with Gasteiger partial charge in [-0.15, -0.1) is 11.8 Å². The molecule has 7 heteroatoms. The van der Waals surface area contributed by atoms with Gasteiger partial charge in [0.1, 0.15) is 17.3 Å². The van der Waals surface area contributed by atoms with Crippen LogP contribution in [0.15, 0.2) is 84.9 Å². The number of thioether (sulfide) groups is 2. The first-order valence-corrected chi connectivity index (χ1v) is 13.0. The number of ether oxygens (including phenoxy) is 1. The third kappa shape index (κ3) is 5.26. The van der Waals surface area contributed by atoms with Crippen molar-refractivity contribution in [3.05, 3.63) is 102 Å². The smallest absolute Gasteiger partial charge is 0.235 e. The van der Waals surface area contributed by atoms with Crippen molar-refractivity contribution in [3.8, 4) is 17.2 Å². The van der Waals surface area contributed by atoms with Crippen LogP contribution < -0.4 is 10.1 Å². The fraction of sp³-hybridized carbons (Fsp3) is 0.154. The van der Waals surface area contributed by atoms with Crippen LogP contribution in [0.2, 0.25) is 0 Å². The van der Waals surface area contributed by atoms with Crippen LogP contribution in [0.3, 0.4) is 0 Å². The Kier molecular flexibility index (Phi) is 6.69. The van der Waals surface area contributed by atoms with E-state index in [0.29, 0.717) is 5.75 Å². The highest BCUT2D eigenvalue weighted by molar-refractivity contribution is 7.99. The first kappa shape index (κ1) is 21.7. The van der Waals surface area contributed by atoms with Crippen molar-refractivity contribution in [1.29, 1.82) is 0 Å². The summed E-state index contributed by atoms with van der Waals surface area (Å²) in [6.07, 6.45) is 0. The van der Waals surface area contributed by atoms with Crippen LogP contribution in [0, 0.1) is 0 Å². The van der Waals surface area contributed by atoms with E-state index in [1.165, 1.54) is 5.56 Å². The van der Waals surface area contributed by atoms with E-state index in [1.807, 2.05) is 89.2 Å². The predicted octanol–water partition coefficient (Wildman–Crippen LogP) is 6.28. The lowest BCUT2D eigenvalue weighted by Gasteiger charge is -2.12. The highest BCUT2D eigenvalue weighted by Gasteiger charge is 2.24. The van der Waals surface area contributed by atoms with Gasteiger partial charge < -0.3 is 10.1 Å². The molecule has 1 N–H and O–H groups in total. The molecule has 1 aromatic heterocycles. The van der Waals surface area contributed by atoms with E-state index in [4.69, 9.17) is 9.84 Å². The normalized spacial score (nSPS) is 12.4. The standard InChI is InChI=1S/C26H23N3O2S2/c30-25(18-32-15-19-7-3-1-4-8-19)27-26-23-16-33-17-24(23)28-29(26)20-11-13-22(14-12-20)31-21-9-5-2-6-10-21/h1-14H,15-18H2,(H,27,30). The molecule has 5 rings (SSSR count). The van der Waals surface area contributed by atoms with Crippen LogP contribution in [0.5, 0.6) is 11.5 Å². The Bertz CT molecular complexity index is 1230. The second kappa shape index (κ2) is 10.2. The zero-order valence-electron chi connectivity index (χ0n) is 17.9. The van der Waals surface area contributed by atoms with Gasteiger partial charge in [0.2, 0.25) is 5.91 Å². The highest BCUT2D eigenvalue weighted by atomic mass is 32.2. The molecule has 33 heavy (non-hydrogen) atoms. The van der Waals surface area contributed by atoms with E-state index in [-0.39, 0.29) is 5.91 Å². The molecule has 2 heterocycles. The molecule has 3 aromatic carbocycles. The first-order chi connectivity index (χ1) is 16.3. The van der Waals surface area contributed by atoms with Gasteiger partial charge in [0.05, 0.1) is 17.1 Å². The SMILES string of the molecule is O=C(CSCc1ccccc1)Nc1c2c(nn1-c1ccc(Oc3ccccc3)cc1)CSC2. The number of para-hydroxylation sites is 1. The maximum Gasteiger partial charge on any atom is 0.235 e. The minimum atomic E-state index is -0.0131. The van der Waals surface area contributed by atoms with Crippen molar-refractivity contribution in [2.75, 3.05) is 11.1 Å². The molecule has 1 amide bonds. The largest absolute Gasteiger partial charge is 0.457 e. The summed E-state index contributed by atoms with van der Waals surface area (Å²) in [6, 6.07) is 27.7. The van der Waals surface area contributed by atoms with E-state index in [2.05, 4.69) is 17.4 Å². The zero-order chi connectivity index (χ0) is 22.5. The number of hydrogen-bond donors (Lipinski definition) is 1. The van der Waals surface area contributed by atoms with Crippen LogP contribution in [0.1, 0.15) is 16.8 Å².